The number of carbonyl (C=O) groups is 1. The second kappa shape index (κ2) is 4.89. The molecule has 0 aliphatic carbocycles. The van der Waals surface area contributed by atoms with E-state index in [1.165, 1.54) is 0 Å². The number of aromatic nitrogens is 1. The van der Waals surface area contributed by atoms with Crippen LogP contribution < -0.4 is 10.6 Å². The molecular weight excluding hydrogens is 190 g/mol. The maximum atomic E-state index is 11.8. The SMILES string of the molecule is O=C(Nc1cccnc1)C1CCNCC1. The third-order valence-corrected chi connectivity index (χ3v) is 2.64. The van der Waals surface area contributed by atoms with Crippen LogP contribution in [0.2, 0.25) is 0 Å². The Bertz CT molecular complexity index is 320. The van der Waals surface area contributed by atoms with Crippen LogP contribution in [0.5, 0.6) is 0 Å². The first-order valence-corrected chi connectivity index (χ1v) is 5.28. The molecule has 2 rings (SSSR count). The molecule has 4 heteroatoms. The van der Waals surface area contributed by atoms with E-state index < -0.39 is 0 Å². The Labute approximate surface area is 89.1 Å². The molecule has 4 nitrogen and oxygen atoms in total. The van der Waals surface area contributed by atoms with Gasteiger partial charge in [0, 0.05) is 12.1 Å². The van der Waals surface area contributed by atoms with Gasteiger partial charge in [-0.3, -0.25) is 9.78 Å². The normalized spacial score (nSPS) is 17.3. The molecule has 2 heterocycles. The van der Waals surface area contributed by atoms with E-state index in [2.05, 4.69) is 15.6 Å². The van der Waals surface area contributed by atoms with Crippen LogP contribution in [0.4, 0.5) is 5.69 Å². The van der Waals surface area contributed by atoms with E-state index in [4.69, 9.17) is 0 Å². The molecule has 0 atom stereocenters. The molecule has 0 unspecified atom stereocenters. The molecule has 2 N–H and O–H groups in total. The van der Waals surface area contributed by atoms with Gasteiger partial charge in [0.1, 0.15) is 0 Å². The number of amides is 1. The minimum atomic E-state index is 0.115. The van der Waals surface area contributed by atoms with E-state index in [1.807, 2.05) is 12.1 Å². The first-order chi connectivity index (χ1) is 7.36. The van der Waals surface area contributed by atoms with Crippen molar-refractivity contribution in [1.82, 2.24) is 10.3 Å². The van der Waals surface area contributed by atoms with Crippen molar-refractivity contribution in [2.45, 2.75) is 12.8 Å². The van der Waals surface area contributed by atoms with Gasteiger partial charge in [0.25, 0.3) is 0 Å². The highest BCUT2D eigenvalue weighted by atomic mass is 16.1. The molecule has 1 fully saturated rings. The predicted molar refractivity (Wildman–Crippen MR) is 58.5 cm³/mol. The predicted octanol–water partition coefficient (Wildman–Crippen LogP) is 1.02. The fourth-order valence-corrected chi connectivity index (χ4v) is 1.77. The van der Waals surface area contributed by atoms with Gasteiger partial charge in [-0.1, -0.05) is 0 Å². The lowest BCUT2D eigenvalue weighted by molar-refractivity contribution is -0.120. The first kappa shape index (κ1) is 10.1. The van der Waals surface area contributed by atoms with Crippen LogP contribution in [-0.2, 0) is 4.79 Å². The molecule has 1 aliphatic rings. The van der Waals surface area contributed by atoms with Crippen molar-refractivity contribution in [2.75, 3.05) is 18.4 Å². The minimum absolute atomic E-state index is 0.115. The molecule has 1 saturated heterocycles. The van der Waals surface area contributed by atoms with Gasteiger partial charge in [0.2, 0.25) is 5.91 Å². The average Bonchev–Trinajstić information content (AvgIpc) is 2.31. The molecule has 1 amide bonds. The summed E-state index contributed by atoms with van der Waals surface area (Å²) < 4.78 is 0. The fraction of sp³-hybridized carbons (Fsp3) is 0.455. The third kappa shape index (κ3) is 2.76. The zero-order valence-corrected chi connectivity index (χ0v) is 8.57. The highest BCUT2D eigenvalue weighted by molar-refractivity contribution is 5.92. The summed E-state index contributed by atoms with van der Waals surface area (Å²) in [6, 6.07) is 3.67. The van der Waals surface area contributed by atoms with E-state index in [0.717, 1.165) is 31.6 Å². The van der Waals surface area contributed by atoms with Crippen molar-refractivity contribution < 1.29 is 4.79 Å². The number of nitrogens with one attached hydrogen (secondary N) is 2. The Morgan fingerprint density at radius 2 is 2.27 bits per heavy atom. The topological polar surface area (TPSA) is 54.0 Å². The Hall–Kier alpha value is -1.42. The number of carbonyl (C=O) groups excluding carboxylic acids is 1. The standard InChI is InChI=1S/C11H15N3O/c15-11(9-3-6-12-7-4-9)14-10-2-1-5-13-8-10/h1-2,5,8-9,12H,3-4,6-7H2,(H,14,15). The first-order valence-electron chi connectivity index (χ1n) is 5.28. The summed E-state index contributed by atoms with van der Waals surface area (Å²) in [4.78, 5) is 15.8. The quantitative estimate of drug-likeness (QED) is 0.758. The Kier molecular flexibility index (Phi) is 3.29. The zero-order valence-electron chi connectivity index (χ0n) is 8.57. The minimum Gasteiger partial charge on any atom is -0.324 e. The van der Waals surface area contributed by atoms with Crippen molar-refractivity contribution in [3.63, 3.8) is 0 Å². The van der Waals surface area contributed by atoms with Crippen LogP contribution in [0.3, 0.4) is 0 Å². The number of rotatable bonds is 2. The van der Waals surface area contributed by atoms with Gasteiger partial charge in [-0.2, -0.15) is 0 Å². The molecule has 1 aromatic rings. The largest absolute Gasteiger partial charge is 0.324 e. The lowest BCUT2D eigenvalue weighted by Crippen LogP contribution is -2.34. The summed E-state index contributed by atoms with van der Waals surface area (Å²) in [5.74, 6) is 0.260. The third-order valence-electron chi connectivity index (χ3n) is 2.64. The van der Waals surface area contributed by atoms with E-state index >= 15 is 0 Å². The maximum absolute atomic E-state index is 11.8. The number of hydrogen-bond acceptors (Lipinski definition) is 3. The van der Waals surface area contributed by atoms with Crippen LogP contribution >= 0.6 is 0 Å². The number of nitrogens with zero attached hydrogens (tertiary/aromatic N) is 1. The fourth-order valence-electron chi connectivity index (χ4n) is 1.77. The molecule has 0 spiro atoms. The number of piperidine rings is 1. The highest BCUT2D eigenvalue weighted by Crippen LogP contribution is 2.14. The zero-order chi connectivity index (χ0) is 10.5. The molecule has 0 bridgehead atoms. The molecular formula is C11H15N3O. The number of pyridine rings is 1. The number of anilines is 1. The monoisotopic (exact) mass is 205 g/mol. The van der Waals surface area contributed by atoms with Crippen molar-refractivity contribution in [3.8, 4) is 0 Å². The molecule has 15 heavy (non-hydrogen) atoms. The van der Waals surface area contributed by atoms with Crippen LogP contribution in [0.1, 0.15) is 12.8 Å². The van der Waals surface area contributed by atoms with E-state index in [0.29, 0.717) is 0 Å². The summed E-state index contributed by atoms with van der Waals surface area (Å²) >= 11 is 0. The smallest absolute Gasteiger partial charge is 0.227 e. The Morgan fingerprint density at radius 3 is 2.93 bits per heavy atom. The van der Waals surface area contributed by atoms with Crippen molar-refractivity contribution in [3.05, 3.63) is 24.5 Å². The molecule has 0 radical (unpaired) electrons. The summed E-state index contributed by atoms with van der Waals surface area (Å²) in [7, 11) is 0. The Balaban J connectivity index is 1.91. The van der Waals surface area contributed by atoms with Crippen molar-refractivity contribution >= 4 is 11.6 Å². The Morgan fingerprint density at radius 1 is 1.47 bits per heavy atom. The van der Waals surface area contributed by atoms with Gasteiger partial charge in [-0.25, -0.2) is 0 Å². The lowest BCUT2D eigenvalue weighted by atomic mass is 9.97. The molecule has 0 aromatic carbocycles. The van der Waals surface area contributed by atoms with Gasteiger partial charge in [-0.05, 0) is 38.1 Å². The lowest BCUT2D eigenvalue weighted by Gasteiger charge is -2.21. The van der Waals surface area contributed by atoms with Gasteiger partial charge in [-0.15, -0.1) is 0 Å². The van der Waals surface area contributed by atoms with E-state index in [9.17, 15) is 4.79 Å². The summed E-state index contributed by atoms with van der Waals surface area (Å²) in [5, 5.41) is 6.12. The van der Waals surface area contributed by atoms with Gasteiger partial charge in [0.15, 0.2) is 0 Å². The van der Waals surface area contributed by atoms with Crippen molar-refractivity contribution in [1.29, 1.82) is 0 Å². The number of hydrogen-bond donors (Lipinski definition) is 2. The van der Waals surface area contributed by atoms with Crippen LogP contribution in [0, 0.1) is 5.92 Å². The molecule has 0 saturated carbocycles. The van der Waals surface area contributed by atoms with Crippen LogP contribution in [-0.4, -0.2) is 24.0 Å². The van der Waals surface area contributed by atoms with Crippen molar-refractivity contribution in [2.24, 2.45) is 5.92 Å². The summed E-state index contributed by atoms with van der Waals surface area (Å²) in [6.07, 6.45) is 5.21. The van der Waals surface area contributed by atoms with Gasteiger partial charge in [0.05, 0.1) is 11.9 Å². The second-order valence-electron chi connectivity index (χ2n) is 3.76. The van der Waals surface area contributed by atoms with Gasteiger partial charge < -0.3 is 10.6 Å². The van der Waals surface area contributed by atoms with Gasteiger partial charge >= 0.3 is 0 Å². The summed E-state index contributed by atoms with van der Waals surface area (Å²) in [5.41, 5.74) is 0.779. The molecule has 1 aliphatic heterocycles. The van der Waals surface area contributed by atoms with Crippen LogP contribution in [0.25, 0.3) is 0 Å². The maximum Gasteiger partial charge on any atom is 0.227 e. The van der Waals surface area contributed by atoms with Crippen LogP contribution in [0.15, 0.2) is 24.5 Å². The van der Waals surface area contributed by atoms with E-state index in [-0.39, 0.29) is 11.8 Å². The highest BCUT2D eigenvalue weighted by Gasteiger charge is 2.20. The average molecular weight is 205 g/mol. The molecule has 80 valence electrons. The summed E-state index contributed by atoms with van der Waals surface area (Å²) in [6.45, 7) is 1.87. The molecule has 1 aromatic heterocycles. The second-order valence-corrected chi connectivity index (χ2v) is 3.76. The van der Waals surface area contributed by atoms with E-state index in [1.54, 1.807) is 12.4 Å².